The van der Waals surface area contributed by atoms with Gasteiger partial charge in [-0.1, -0.05) is 29.8 Å². The molecule has 2 aliphatic rings. The number of piperazine rings is 1. The molecule has 0 unspecified atom stereocenters. The van der Waals surface area contributed by atoms with Crippen molar-refractivity contribution in [1.29, 1.82) is 0 Å². The zero-order valence-electron chi connectivity index (χ0n) is 19.9. The highest BCUT2D eigenvalue weighted by atomic mass is 32.2. The molecule has 1 aromatic heterocycles. The Morgan fingerprint density at radius 3 is 2.33 bits per heavy atom. The number of nitrogens with zero attached hydrogens (tertiary/aromatic N) is 3. The number of furan rings is 1. The smallest absolute Gasteiger partial charge is 0.253 e. The zero-order chi connectivity index (χ0) is 25.3. The van der Waals surface area contributed by atoms with E-state index in [0.29, 0.717) is 31.0 Å². The fourth-order valence-electron chi connectivity index (χ4n) is 4.44. The van der Waals surface area contributed by atoms with Crippen molar-refractivity contribution in [2.45, 2.75) is 23.7 Å². The van der Waals surface area contributed by atoms with Crippen molar-refractivity contribution in [3.8, 4) is 0 Å². The molecule has 10 heteroatoms. The molecular weight excluding hydrogens is 498 g/mol. The third kappa shape index (κ3) is 4.93. The number of hydrogen-bond acceptors (Lipinski definition) is 6. The van der Waals surface area contributed by atoms with E-state index in [9.17, 15) is 18.0 Å². The van der Waals surface area contributed by atoms with E-state index in [1.54, 1.807) is 70.3 Å². The second kappa shape index (κ2) is 10.1. The molecule has 8 nitrogen and oxygen atoms in total. The summed E-state index contributed by atoms with van der Waals surface area (Å²) in [6.45, 7) is 3.48. The minimum Gasteiger partial charge on any atom is -0.467 e. The number of thioether (sulfide) groups is 1. The van der Waals surface area contributed by atoms with Gasteiger partial charge in [-0.25, -0.2) is 8.42 Å². The summed E-state index contributed by atoms with van der Waals surface area (Å²) in [5.41, 5.74) is 2.49. The van der Waals surface area contributed by atoms with E-state index in [1.165, 1.54) is 4.31 Å². The Bertz CT molecular complexity index is 1330. The van der Waals surface area contributed by atoms with Gasteiger partial charge in [-0.15, -0.1) is 11.8 Å². The molecule has 3 heterocycles. The van der Waals surface area contributed by atoms with Crippen molar-refractivity contribution in [2.24, 2.45) is 0 Å². The van der Waals surface area contributed by atoms with Gasteiger partial charge in [0.25, 0.3) is 5.91 Å². The van der Waals surface area contributed by atoms with Crippen molar-refractivity contribution in [3.63, 3.8) is 0 Å². The maximum Gasteiger partial charge on any atom is 0.253 e. The third-order valence-electron chi connectivity index (χ3n) is 6.50. The highest BCUT2D eigenvalue weighted by Gasteiger charge is 2.34. The third-order valence-corrected chi connectivity index (χ3v) is 9.67. The summed E-state index contributed by atoms with van der Waals surface area (Å²) in [5.74, 6) is 1.06. The molecule has 36 heavy (non-hydrogen) atoms. The maximum atomic E-state index is 13.1. The Labute approximate surface area is 214 Å². The summed E-state index contributed by atoms with van der Waals surface area (Å²) in [5, 5.41) is -0.137. The second-order valence-corrected chi connectivity index (χ2v) is 11.9. The van der Waals surface area contributed by atoms with Crippen molar-refractivity contribution < 1.29 is 22.4 Å². The Balaban J connectivity index is 1.22. The first-order valence-corrected chi connectivity index (χ1v) is 14.2. The van der Waals surface area contributed by atoms with Gasteiger partial charge >= 0.3 is 0 Å². The predicted molar refractivity (Wildman–Crippen MR) is 137 cm³/mol. The molecule has 2 saturated heterocycles. The summed E-state index contributed by atoms with van der Waals surface area (Å²) in [4.78, 5) is 29.3. The summed E-state index contributed by atoms with van der Waals surface area (Å²) in [6, 6.07) is 17.8. The first-order chi connectivity index (χ1) is 17.3. The largest absolute Gasteiger partial charge is 0.467 e. The highest BCUT2D eigenvalue weighted by molar-refractivity contribution is 8.00. The Kier molecular flexibility index (Phi) is 6.92. The average molecular weight is 526 g/mol. The van der Waals surface area contributed by atoms with E-state index in [0.717, 1.165) is 16.9 Å². The molecule has 0 saturated carbocycles. The molecule has 1 atom stereocenters. The minimum absolute atomic E-state index is 0.0556. The molecule has 0 aliphatic carbocycles. The number of carbonyl (C=O) groups is 2. The average Bonchev–Trinajstić information content (AvgIpc) is 3.54. The van der Waals surface area contributed by atoms with Crippen LogP contribution in [0.1, 0.15) is 32.6 Å². The van der Waals surface area contributed by atoms with Gasteiger partial charge in [0.15, 0.2) is 0 Å². The van der Waals surface area contributed by atoms with Crippen LogP contribution in [-0.4, -0.2) is 66.3 Å². The molecule has 188 valence electrons. The fraction of sp³-hybridized carbons (Fsp3) is 0.308. The lowest BCUT2D eigenvalue weighted by molar-refractivity contribution is -0.128. The number of carbonyl (C=O) groups excluding carboxylic acids is 2. The number of benzene rings is 2. The Morgan fingerprint density at radius 1 is 1.00 bits per heavy atom. The van der Waals surface area contributed by atoms with Gasteiger partial charge in [-0.2, -0.15) is 4.31 Å². The van der Waals surface area contributed by atoms with Gasteiger partial charge in [-0.05, 0) is 48.9 Å². The van der Waals surface area contributed by atoms with Crippen molar-refractivity contribution in [3.05, 3.63) is 89.4 Å². The van der Waals surface area contributed by atoms with Gasteiger partial charge in [-0.3, -0.25) is 9.59 Å². The molecule has 5 rings (SSSR count). The molecular formula is C26H27N3O5S2. The van der Waals surface area contributed by atoms with E-state index < -0.39 is 10.0 Å². The van der Waals surface area contributed by atoms with Crippen molar-refractivity contribution in [1.82, 2.24) is 14.1 Å². The highest BCUT2D eigenvalue weighted by Crippen LogP contribution is 2.39. The van der Waals surface area contributed by atoms with Crippen LogP contribution in [0.25, 0.3) is 0 Å². The van der Waals surface area contributed by atoms with Crippen molar-refractivity contribution >= 4 is 33.6 Å². The molecule has 0 N–H and O–H groups in total. The van der Waals surface area contributed by atoms with Crippen LogP contribution in [0.5, 0.6) is 0 Å². The fourth-order valence-corrected chi connectivity index (χ4v) is 7.05. The molecule has 3 aromatic rings. The predicted octanol–water partition coefficient (Wildman–Crippen LogP) is 3.51. The first kappa shape index (κ1) is 24.6. The Hall–Kier alpha value is -3.08. The van der Waals surface area contributed by atoms with E-state index in [-0.39, 0.29) is 35.2 Å². The summed E-state index contributed by atoms with van der Waals surface area (Å²) < 4.78 is 32.7. The minimum atomic E-state index is -3.58. The van der Waals surface area contributed by atoms with E-state index in [4.69, 9.17) is 4.42 Å². The lowest BCUT2D eigenvalue weighted by Crippen LogP contribution is -2.50. The SMILES string of the molecule is Cc1ccc(S(=O)(=O)N2CCN(C(=O)c3ccc([C@H]4SCC(=O)N4Cc4ccco4)cc3)CC2)cc1. The standard InChI is InChI=1S/C26H27N3O5S2/c1-19-4-10-23(11-5-19)36(32,33)28-14-12-27(13-15-28)25(31)20-6-8-21(9-7-20)26-29(24(30)18-35-26)17-22-3-2-16-34-22/h2-11,16,26H,12-15,17-18H2,1H3/t26-/m1/s1. The molecule has 0 radical (unpaired) electrons. The first-order valence-electron chi connectivity index (χ1n) is 11.7. The number of aryl methyl sites for hydroxylation is 1. The lowest BCUT2D eigenvalue weighted by Gasteiger charge is -2.34. The van der Waals surface area contributed by atoms with Crippen LogP contribution in [-0.2, 0) is 21.4 Å². The van der Waals surface area contributed by atoms with Crippen LogP contribution in [0.15, 0.2) is 76.2 Å². The van der Waals surface area contributed by atoms with Crippen LogP contribution < -0.4 is 0 Å². The van der Waals surface area contributed by atoms with Gasteiger partial charge in [0.1, 0.15) is 11.1 Å². The van der Waals surface area contributed by atoms with E-state index in [2.05, 4.69) is 0 Å². The molecule has 0 spiro atoms. The van der Waals surface area contributed by atoms with Crippen molar-refractivity contribution in [2.75, 3.05) is 31.9 Å². The second-order valence-electron chi connectivity index (χ2n) is 8.90. The van der Waals surface area contributed by atoms with Crippen LogP contribution in [0.2, 0.25) is 0 Å². The van der Waals surface area contributed by atoms with Gasteiger partial charge in [0, 0.05) is 31.7 Å². The van der Waals surface area contributed by atoms with Crippen LogP contribution in [0.3, 0.4) is 0 Å². The zero-order valence-corrected chi connectivity index (χ0v) is 21.5. The molecule has 2 amide bonds. The van der Waals surface area contributed by atoms with Gasteiger partial charge < -0.3 is 14.2 Å². The Morgan fingerprint density at radius 2 is 1.69 bits per heavy atom. The maximum absolute atomic E-state index is 13.1. The number of rotatable bonds is 6. The van der Waals surface area contributed by atoms with Crippen LogP contribution in [0, 0.1) is 6.92 Å². The number of sulfonamides is 1. The van der Waals surface area contributed by atoms with Crippen LogP contribution >= 0.6 is 11.8 Å². The number of amides is 2. The molecule has 2 fully saturated rings. The quantitative estimate of drug-likeness (QED) is 0.489. The summed E-state index contributed by atoms with van der Waals surface area (Å²) >= 11 is 1.55. The van der Waals surface area contributed by atoms with Gasteiger partial charge in [0.05, 0.1) is 23.5 Å². The molecule has 2 aliphatic heterocycles. The molecule has 0 bridgehead atoms. The lowest BCUT2D eigenvalue weighted by atomic mass is 10.1. The normalized spacial score (nSPS) is 19.1. The molecule has 2 aromatic carbocycles. The summed E-state index contributed by atoms with van der Waals surface area (Å²) in [7, 11) is -3.58. The summed E-state index contributed by atoms with van der Waals surface area (Å²) in [6.07, 6.45) is 1.59. The van der Waals surface area contributed by atoms with Crippen LogP contribution in [0.4, 0.5) is 0 Å². The van der Waals surface area contributed by atoms with E-state index >= 15 is 0 Å². The monoisotopic (exact) mass is 525 g/mol. The topological polar surface area (TPSA) is 91.1 Å². The van der Waals surface area contributed by atoms with E-state index in [1.807, 2.05) is 25.1 Å². The number of hydrogen-bond donors (Lipinski definition) is 0. The van der Waals surface area contributed by atoms with Gasteiger partial charge in [0.2, 0.25) is 15.9 Å².